The van der Waals surface area contributed by atoms with Crippen LogP contribution in [0.1, 0.15) is 10.4 Å². The van der Waals surface area contributed by atoms with Crippen molar-refractivity contribution in [1.82, 2.24) is 10.3 Å². The predicted octanol–water partition coefficient (Wildman–Crippen LogP) is 3.26. The van der Waals surface area contributed by atoms with E-state index in [1.165, 1.54) is 0 Å². The molecule has 0 atom stereocenters. The molecule has 0 aliphatic heterocycles. The third kappa shape index (κ3) is 2.03. The zero-order valence-corrected chi connectivity index (χ0v) is 11.1. The van der Waals surface area contributed by atoms with Gasteiger partial charge in [0.05, 0.1) is 5.52 Å². The molecular weight excluding hydrogens is 248 g/mol. The van der Waals surface area contributed by atoms with E-state index in [9.17, 15) is 4.79 Å². The van der Waals surface area contributed by atoms with Crippen LogP contribution in [0.4, 0.5) is 0 Å². The van der Waals surface area contributed by atoms with E-state index in [-0.39, 0.29) is 5.91 Å². The van der Waals surface area contributed by atoms with Crippen LogP contribution in [-0.4, -0.2) is 17.9 Å². The summed E-state index contributed by atoms with van der Waals surface area (Å²) in [6.07, 6.45) is 1.77. The number of hydrogen-bond donors (Lipinski definition) is 1. The summed E-state index contributed by atoms with van der Waals surface area (Å²) in [4.78, 5) is 16.4. The topological polar surface area (TPSA) is 42.0 Å². The van der Waals surface area contributed by atoms with Crippen molar-refractivity contribution >= 4 is 16.8 Å². The standard InChI is InChI=1S/C17H14N2O/c1-18-17(20)15-7-3-2-6-13(15)12-8-4-10-16-14(12)9-5-11-19-16/h2-11H,1H3,(H,18,20). The highest BCUT2D eigenvalue weighted by molar-refractivity contribution is 6.05. The Balaban J connectivity index is 2.29. The summed E-state index contributed by atoms with van der Waals surface area (Å²) in [5.74, 6) is -0.0820. The Morgan fingerprint density at radius 3 is 2.60 bits per heavy atom. The number of fused-ring (bicyclic) bond motifs is 1. The number of pyridine rings is 1. The van der Waals surface area contributed by atoms with Crippen LogP contribution < -0.4 is 5.32 Å². The van der Waals surface area contributed by atoms with E-state index in [1.54, 1.807) is 13.2 Å². The first kappa shape index (κ1) is 12.4. The number of nitrogens with zero attached hydrogens (tertiary/aromatic N) is 1. The lowest BCUT2D eigenvalue weighted by molar-refractivity contribution is 0.0964. The molecule has 0 aliphatic rings. The minimum atomic E-state index is -0.0820. The fourth-order valence-electron chi connectivity index (χ4n) is 2.39. The van der Waals surface area contributed by atoms with Crippen molar-refractivity contribution in [3.05, 3.63) is 66.4 Å². The fraction of sp³-hybridized carbons (Fsp3) is 0.0588. The highest BCUT2D eigenvalue weighted by Gasteiger charge is 2.12. The maximum Gasteiger partial charge on any atom is 0.251 e. The molecule has 3 rings (SSSR count). The van der Waals surface area contributed by atoms with Gasteiger partial charge in [0.25, 0.3) is 5.91 Å². The SMILES string of the molecule is CNC(=O)c1ccccc1-c1cccc2ncccc12. The highest BCUT2D eigenvalue weighted by Crippen LogP contribution is 2.30. The van der Waals surface area contributed by atoms with Crippen molar-refractivity contribution in [2.24, 2.45) is 0 Å². The van der Waals surface area contributed by atoms with Gasteiger partial charge in [0.2, 0.25) is 0 Å². The number of carbonyl (C=O) groups is 1. The largest absolute Gasteiger partial charge is 0.355 e. The van der Waals surface area contributed by atoms with E-state index in [0.717, 1.165) is 22.0 Å². The van der Waals surface area contributed by atoms with Gasteiger partial charge in [-0.15, -0.1) is 0 Å². The van der Waals surface area contributed by atoms with Crippen LogP contribution in [0.5, 0.6) is 0 Å². The summed E-state index contributed by atoms with van der Waals surface area (Å²) in [6.45, 7) is 0. The number of benzene rings is 2. The van der Waals surface area contributed by atoms with Crippen molar-refractivity contribution in [2.45, 2.75) is 0 Å². The van der Waals surface area contributed by atoms with Crippen molar-refractivity contribution in [3.8, 4) is 11.1 Å². The van der Waals surface area contributed by atoms with Gasteiger partial charge in [-0.3, -0.25) is 9.78 Å². The molecule has 1 amide bonds. The monoisotopic (exact) mass is 262 g/mol. The molecule has 1 heterocycles. The third-order valence-electron chi connectivity index (χ3n) is 3.33. The summed E-state index contributed by atoms with van der Waals surface area (Å²) in [5.41, 5.74) is 3.54. The number of amides is 1. The van der Waals surface area contributed by atoms with Crippen LogP contribution >= 0.6 is 0 Å². The zero-order valence-electron chi connectivity index (χ0n) is 11.1. The summed E-state index contributed by atoms with van der Waals surface area (Å²) < 4.78 is 0. The van der Waals surface area contributed by atoms with Gasteiger partial charge in [-0.1, -0.05) is 36.4 Å². The second kappa shape index (κ2) is 5.13. The molecule has 1 aromatic heterocycles. The molecule has 3 nitrogen and oxygen atoms in total. The van der Waals surface area contributed by atoms with Crippen LogP contribution in [0, 0.1) is 0 Å². The number of hydrogen-bond acceptors (Lipinski definition) is 2. The van der Waals surface area contributed by atoms with Crippen LogP contribution in [0.2, 0.25) is 0 Å². The number of aromatic nitrogens is 1. The first-order valence-corrected chi connectivity index (χ1v) is 6.46. The number of rotatable bonds is 2. The smallest absolute Gasteiger partial charge is 0.251 e. The van der Waals surface area contributed by atoms with Gasteiger partial charge in [0, 0.05) is 24.2 Å². The lowest BCUT2D eigenvalue weighted by atomic mass is 9.96. The Morgan fingerprint density at radius 1 is 0.950 bits per heavy atom. The van der Waals surface area contributed by atoms with Crippen molar-refractivity contribution in [1.29, 1.82) is 0 Å². The van der Waals surface area contributed by atoms with Crippen molar-refractivity contribution < 1.29 is 4.79 Å². The molecule has 0 saturated heterocycles. The van der Waals surface area contributed by atoms with E-state index in [0.29, 0.717) is 5.56 Å². The van der Waals surface area contributed by atoms with Crippen LogP contribution in [-0.2, 0) is 0 Å². The Kier molecular flexibility index (Phi) is 3.17. The average molecular weight is 262 g/mol. The lowest BCUT2D eigenvalue weighted by Crippen LogP contribution is -2.18. The van der Waals surface area contributed by atoms with Gasteiger partial charge in [0.1, 0.15) is 0 Å². The van der Waals surface area contributed by atoms with Gasteiger partial charge in [0.15, 0.2) is 0 Å². The first-order chi connectivity index (χ1) is 9.81. The Morgan fingerprint density at radius 2 is 1.75 bits per heavy atom. The predicted molar refractivity (Wildman–Crippen MR) is 80.6 cm³/mol. The molecule has 0 radical (unpaired) electrons. The second-order valence-electron chi connectivity index (χ2n) is 4.50. The molecule has 0 unspecified atom stereocenters. The fourth-order valence-corrected chi connectivity index (χ4v) is 2.39. The minimum absolute atomic E-state index is 0.0820. The molecule has 0 bridgehead atoms. The minimum Gasteiger partial charge on any atom is -0.355 e. The third-order valence-corrected chi connectivity index (χ3v) is 3.33. The molecule has 98 valence electrons. The van der Waals surface area contributed by atoms with E-state index in [4.69, 9.17) is 0 Å². The quantitative estimate of drug-likeness (QED) is 0.770. The highest BCUT2D eigenvalue weighted by atomic mass is 16.1. The van der Waals surface area contributed by atoms with E-state index in [2.05, 4.69) is 10.3 Å². The summed E-state index contributed by atoms with van der Waals surface area (Å²) in [5, 5.41) is 3.73. The Bertz CT molecular complexity index is 775. The van der Waals surface area contributed by atoms with Gasteiger partial charge >= 0.3 is 0 Å². The normalized spacial score (nSPS) is 10.4. The lowest BCUT2D eigenvalue weighted by Gasteiger charge is -2.10. The van der Waals surface area contributed by atoms with Crippen LogP contribution in [0.25, 0.3) is 22.0 Å². The molecule has 3 heteroatoms. The molecule has 0 spiro atoms. The molecular formula is C17H14N2O. The van der Waals surface area contributed by atoms with Crippen LogP contribution in [0.15, 0.2) is 60.8 Å². The van der Waals surface area contributed by atoms with E-state index in [1.807, 2.05) is 54.6 Å². The van der Waals surface area contributed by atoms with Crippen molar-refractivity contribution in [3.63, 3.8) is 0 Å². The zero-order chi connectivity index (χ0) is 13.9. The summed E-state index contributed by atoms with van der Waals surface area (Å²) >= 11 is 0. The average Bonchev–Trinajstić information content (AvgIpc) is 2.53. The van der Waals surface area contributed by atoms with E-state index >= 15 is 0 Å². The number of carbonyl (C=O) groups excluding carboxylic acids is 1. The molecule has 0 aliphatic carbocycles. The van der Waals surface area contributed by atoms with Gasteiger partial charge < -0.3 is 5.32 Å². The molecule has 0 saturated carbocycles. The summed E-state index contributed by atoms with van der Waals surface area (Å²) in [7, 11) is 1.64. The molecule has 20 heavy (non-hydrogen) atoms. The van der Waals surface area contributed by atoms with Gasteiger partial charge in [-0.2, -0.15) is 0 Å². The maximum atomic E-state index is 12.0. The number of nitrogens with one attached hydrogen (secondary N) is 1. The van der Waals surface area contributed by atoms with Crippen molar-refractivity contribution in [2.75, 3.05) is 7.05 Å². The molecule has 2 aromatic carbocycles. The second-order valence-corrected chi connectivity index (χ2v) is 4.50. The Labute approximate surface area is 117 Å². The molecule has 3 aromatic rings. The van der Waals surface area contributed by atoms with Gasteiger partial charge in [-0.05, 0) is 29.3 Å². The molecule has 1 N–H and O–H groups in total. The van der Waals surface area contributed by atoms with E-state index < -0.39 is 0 Å². The van der Waals surface area contributed by atoms with Crippen LogP contribution in [0.3, 0.4) is 0 Å². The summed E-state index contributed by atoms with van der Waals surface area (Å²) in [6, 6.07) is 17.5. The first-order valence-electron chi connectivity index (χ1n) is 6.46. The molecule has 0 fully saturated rings. The maximum absolute atomic E-state index is 12.0. The van der Waals surface area contributed by atoms with Gasteiger partial charge in [-0.25, -0.2) is 0 Å². The Hall–Kier alpha value is -2.68.